The van der Waals surface area contributed by atoms with Crippen LogP contribution in [0.15, 0.2) is 29.6 Å². The molecule has 0 fully saturated rings. The van der Waals surface area contributed by atoms with Crippen LogP contribution in [0.2, 0.25) is 0 Å². The van der Waals surface area contributed by atoms with Crippen molar-refractivity contribution in [3.8, 4) is 5.75 Å². The van der Waals surface area contributed by atoms with Crippen molar-refractivity contribution in [2.24, 2.45) is 0 Å². The first kappa shape index (κ1) is 14.3. The van der Waals surface area contributed by atoms with Crippen molar-refractivity contribution in [1.29, 1.82) is 0 Å². The summed E-state index contributed by atoms with van der Waals surface area (Å²) in [4.78, 5) is 12.5. The lowest BCUT2D eigenvalue weighted by Crippen LogP contribution is -2.02. The van der Waals surface area contributed by atoms with Crippen molar-refractivity contribution >= 4 is 29.0 Å². The summed E-state index contributed by atoms with van der Waals surface area (Å²) in [7, 11) is 1.55. The molecule has 0 radical (unpaired) electrons. The van der Waals surface area contributed by atoms with Crippen molar-refractivity contribution in [2.75, 3.05) is 7.11 Å². The summed E-state index contributed by atoms with van der Waals surface area (Å²) >= 11 is 1.53. The molecule has 1 aromatic carbocycles. The van der Waals surface area contributed by atoms with Crippen LogP contribution in [0.3, 0.4) is 0 Å². The van der Waals surface area contributed by atoms with Crippen molar-refractivity contribution in [2.45, 2.75) is 13.8 Å². The van der Waals surface area contributed by atoms with Gasteiger partial charge in [-0.15, -0.1) is 11.3 Å². The monoisotopic (exact) mass is 288 g/mol. The van der Waals surface area contributed by atoms with Crippen LogP contribution in [0.25, 0.3) is 11.6 Å². The van der Waals surface area contributed by atoms with Crippen LogP contribution < -0.4 is 4.74 Å². The van der Waals surface area contributed by atoms with Gasteiger partial charge < -0.3 is 9.84 Å². The highest BCUT2D eigenvalue weighted by Crippen LogP contribution is 2.30. The first-order valence-corrected chi connectivity index (χ1v) is 7.05. The number of carboxylic acid groups (broad SMARTS) is 1. The van der Waals surface area contributed by atoms with E-state index in [4.69, 9.17) is 4.74 Å². The standard InChI is InChI=1S/C16H16O3S/c1-10-4-5-14(19-3)12(8-10)13(16(17)18)9-15-11(2)6-7-20-15/h4-9H,1-3H3,(H,17,18)/b13-9-. The fraction of sp³-hybridized carbons (Fsp3) is 0.188. The molecule has 0 aliphatic rings. The Morgan fingerprint density at radius 3 is 2.60 bits per heavy atom. The van der Waals surface area contributed by atoms with Gasteiger partial charge in [-0.1, -0.05) is 11.6 Å². The molecular weight excluding hydrogens is 272 g/mol. The predicted molar refractivity (Wildman–Crippen MR) is 82.3 cm³/mol. The fourth-order valence-electron chi connectivity index (χ4n) is 1.95. The van der Waals surface area contributed by atoms with E-state index in [1.165, 1.54) is 11.3 Å². The maximum absolute atomic E-state index is 11.6. The lowest BCUT2D eigenvalue weighted by atomic mass is 10.0. The Labute approximate surface area is 122 Å². The minimum Gasteiger partial charge on any atom is -0.496 e. The molecule has 4 heteroatoms. The van der Waals surface area contributed by atoms with E-state index in [2.05, 4.69) is 0 Å². The number of ether oxygens (including phenoxy) is 1. The Balaban J connectivity index is 2.60. The summed E-state index contributed by atoms with van der Waals surface area (Å²) in [5, 5.41) is 11.5. The second-order valence-corrected chi connectivity index (χ2v) is 5.48. The molecule has 0 amide bonds. The molecular formula is C16H16O3S. The normalized spacial score (nSPS) is 11.4. The van der Waals surface area contributed by atoms with Gasteiger partial charge in [0.05, 0.1) is 12.7 Å². The van der Waals surface area contributed by atoms with E-state index in [0.29, 0.717) is 11.3 Å². The van der Waals surface area contributed by atoms with Gasteiger partial charge in [0, 0.05) is 10.4 Å². The van der Waals surface area contributed by atoms with Gasteiger partial charge in [-0.3, -0.25) is 0 Å². The molecule has 0 aliphatic carbocycles. The van der Waals surface area contributed by atoms with Gasteiger partial charge in [-0.05, 0) is 49.1 Å². The summed E-state index contributed by atoms with van der Waals surface area (Å²) in [6.45, 7) is 3.90. The molecule has 2 rings (SSSR count). The van der Waals surface area contributed by atoms with Crippen LogP contribution in [0.5, 0.6) is 5.75 Å². The Morgan fingerprint density at radius 1 is 1.30 bits per heavy atom. The number of aliphatic carboxylic acids is 1. The van der Waals surface area contributed by atoms with Crippen LogP contribution >= 0.6 is 11.3 Å². The molecule has 0 aliphatic heterocycles. The zero-order valence-electron chi connectivity index (χ0n) is 11.6. The Bertz CT molecular complexity index is 668. The van der Waals surface area contributed by atoms with Crippen LogP contribution in [-0.4, -0.2) is 18.2 Å². The van der Waals surface area contributed by atoms with Gasteiger partial charge in [-0.25, -0.2) is 4.79 Å². The minimum atomic E-state index is -0.957. The largest absolute Gasteiger partial charge is 0.496 e. The third-order valence-electron chi connectivity index (χ3n) is 3.05. The van der Waals surface area contributed by atoms with E-state index in [9.17, 15) is 9.90 Å². The predicted octanol–water partition coefficient (Wildman–Crippen LogP) is 4.00. The molecule has 0 unspecified atom stereocenters. The van der Waals surface area contributed by atoms with Gasteiger partial charge >= 0.3 is 5.97 Å². The molecule has 1 N–H and O–H groups in total. The second-order valence-electron chi connectivity index (χ2n) is 4.53. The van der Waals surface area contributed by atoms with E-state index in [0.717, 1.165) is 16.0 Å². The van der Waals surface area contributed by atoms with Gasteiger partial charge in [0.15, 0.2) is 0 Å². The number of methoxy groups -OCH3 is 1. The van der Waals surface area contributed by atoms with Crippen molar-refractivity contribution in [1.82, 2.24) is 0 Å². The SMILES string of the molecule is COc1ccc(C)cc1/C(=C/c1sccc1C)C(=O)O. The highest BCUT2D eigenvalue weighted by Gasteiger charge is 2.16. The van der Waals surface area contributed by atoms with Gasteiger partial charge in [0.2, 0.25) is 0 Å². The highest BCUT2D eigenvalue weighted by atomic mass is 32.1. The van der Waals surface area contributed by atoms with Crippen LogP contribution in [-0.2, 0) is 4.79 Å². The zero-order valence-corrected chi connectivity index (χ0v) is 12.5. The smallest absolute Gasteiger partial charge is 0.336 e. The highest BCUT2D eigenvalue weighted by molar-refractivity contribution is 7.11. The number of thiophene rings is 1. The molecule has 104 valence electrons. The maximum atomic E-state index is 11.6. The second kappa shape index (κ2) is 5.92. The van der Waals surface area contributed by atoms with E-state index in [1.807, 2.05) is 37.4 Å². The van der Waals surface area contributed by atoms with Gasteiger partial charge in [0.1, 0.15) is 5.75 Å². The molecule has 20 heavy (non-hydrogen) atoms. The molecule has 0 bridgehead atoms. The molecule has 2 aromatic rings. The summed E-state index contributed by atoms with van der Waals surface area (Å²) in [6, 6.07) is 7.51. The molecule has 0 spiro atoms. The first-order chi connectivity index (χ1) is 9.52. The quantitative estimate of drug-likeness (QED) is 0.865. The van der Waals surface area contributed by atoms with E-state index in [1.54, 1.807) is 19.3 Å². The third kappa shape index (κ3) is 2.91. The molecule has 0 saturated heterocycles. The van der Waals surface area contributed by atoms with Crippen molar-refractivity contribution < 1.29 is 14.6 Å². The molecule has 0 atom stereocenters. The maximum Gasteiger partial charge on any atom is 0.336 e. The van der Waals surface area contributed by atoms with Crippen LogP contribution in [0.1, 0.15) is 21.6 Å². The molecule has 1 heterocycles. The van der Waals surface area contributed by atoms with Gasteiger partial charge in [0.25, 0.3) is 0 Å². The van der Waals surface area contributed by atoms with Crippen LogP contribution in [0, 0.1) is 13.8 Å². The third-order valence-corrected chi connectivity index (χ3v) is 4.02. The molecule has 1 aromatic heterocycles. The van der Waals surface area contributed by atoms with Crippen molar-refractivity contribution in [3.05, 3.63) is 51.2 Å². The number of benzene rings is 1. The fourth-order valence-corrected chi connectivity index (χ4v) is 2.81. The lowest BCUT2D eigenvalue weighted by molar-refractivity contribution is -0.130. The number of carboxylic acids is 1. The zero-order chi connectivity index (χ0) is 14.7. The average molecular weight is 288 g/mol. The van der Waals surface area contributed by atoms with E-state index >= 15 is 0 Å². The minimum absolute atomic E-state index is 0.246. The topological polar surface area (TPSA) is 46.5 Å². The Kier molecular flexibility index (Phi) is 4.25. The summed E-state index contributed by atoms with van der Waals surface area (Å²) < 4.78 is 5.28. The van der Waals surface area contributed by atoms with E-state index in [-0.39, 0.29) is 5.57 Å². The lowest BCUT2D eigenvalue weighted by Gasteiger charge is -2.10. The number of hydrogen-bond acceptors (Lipinski definition) is 3. The average Bonchev–Trinajstić information content (AvgIpc) is 2.81. The van der Waals surface area contributed by atoms with Crippen molar-refractivity contribution in [3.63, 3.8) is 0 Å². The summed E-state index contributed by atoms with van der Waals surface area (Å²) in [6.07, 6.45) is 1.71. The van der Waals surface area contributed by atoms with E-state index < -0.39 is 5.97 Å². The Morgan fingerprint density at radius 2 is 2.05 bits per heavy atom. The number of aryl methyl sites for hydroxylation is 2. The summed E-state index contributed by atoms with van der Waals surface area (Å²) in [5.74, 6) is -0.389. The molecule has 3 nitrogen and oxygen atoms in total. The van der Waals surface area contributed by atoms with Crippen LogP contribution in [0.4, 0.5) is 0 Å². The summed E-state index contributed by atoms with van der Waals surface area (Å²) in [5.41, 5.74) is 2.92. The van der Waals surface area contributed by atoms with Gasteiger partial charge in [-0.2, -0.15) is 0 Å². The number of carbonyl (C=O) groups is 1. The Hall–Kier alpha value is -2.07. The first-order valence-electron chi connectivity index (χ1n) is 6.17. The molecule has 0 saturated carbocycles. The number of hydrogen-bond donors (Lipinski definition) is 1. The number of rotatable bonds is 4.